The topological polar surface area (TPSA) is 60.5 Å². The number of amides is 1. The Morgan fingerprint density at radius 3 is 2.96 bits per heavy atom. The van der Waals surface area contributed by atoms with Crippen LogP contribution in [-0.2, 0) is 4.74 Å². The van der Waals surface area contributed by atoms with Crippen molar-refractivity contribution < 1.29 is 27.4 Å². The first-order valence-corrected chi connectivity index (χ1v) is 7.92. The molecular formula is C16H21F3N2O3. The lowest BCUT2D eigenvalue weighted by Crippen LogP contribution is -2.33. The van der Waals surface area contributed by atoms with Crippen LogP contribution in [0, 0.1) is 0 Å². The fraction of sp³-hybridized carbons (Fsp3) is 0.625. The fourth-order valence-corrected chi connectivity index (χ4v) is 2.46. The average molecular weight is 346 g/mol. The summed E-state index contributed by atoms with van der Waals surface area (Å²) < 4.78 is 46.5. The van der Waals surface area contributed by atoms with Crippen LogP contribution in [0.3, 0.4) is 0 Å². The number of rotatable bonds is 7. The Balaban J connectivity index is 1.82. The highest BCUT2D eigenvalue weighted by molar-refractivity contribution is 5.92. The predicted octanol–water partition coefficient (Wildman–Crippen LogP) is 3.10. The molecule has 0 saturated carbocycles. The van der Waals surface area contributed by atoms with Crippen LogP contribution in [0.25, 0.3) is 0 Å². The zero-order valence-corrected chi connectivity index (χ0v) is 13.4. The summed E-state index contributed by atoms with van der Waals surface area (Å²) >= 11 is 0. The number of hydrogen-bond acceptors (Lipinski definition) is 4. The summed E-state index contributed by atoms with van der Waals surface area (Å²) in [6.07, 6.45) is -0.455. The maximum atomic E-state index is 12.1. The first-order valence-electron chi connectivity index (χ1n) is 7.92. The predicted molar refractivity (Wildman–Crippen MR) is 80.9 cm³/mol. The van der Waals surface area contributed by atoms with E-state index in [9.17, 15) is 18.0 Å². The van der Waals surface area contributed by atoms with Crippen molar-refractivity contribution in [1.29, 1.82) is 0 Å². The lowest BCUT2D eigenvalue weighted by molar-refractivity contribution is -0.154. The second-order valence-corrected chi connectivity index (χ2v) is 5.85. The van der Waals surface area contributed by atoms with Gasteiger partial charge in [-0.25, -0.2) is 4.98 Å². The van der Waals surface area contributed by atoms with E-state index < -0.39 is 18.7 Å². The Kier molecular flexibility index (Phi) is 6.42. The molecule has 1 aliphatic heterocycles. The zero-order valence-electron chi connectivity index (χ0n) is 13.4. The molecule has 24 heavy (non-hydrogen) atoms. The Labute approximate surface area is 138 Å². The lowest BCUT2D eigenvalue weighted by atomic mass is 10.1. The smallest absolute Gasteiger partial charge is 0.422 e. The molecule has 0 spiro atoms. The third kappa shape index (κ3) is 6.35. The van der Waals surface area contributed by atoms with Crippen LogP contribution in [0.15, 0.2) is 18.2 Å². The summed E-state index contributed by atoms with van der Waals surface area (Å²) in [7, 11) is 0. The van der Waals surface area contributed by atoms with Gasteiger partial charge in [-0.05, 0) is 38.7 Å². The van der Waals surface area contributed by atoms with Crippen molar-refractivity contribution in [3.63, 3.8) is 0 Å². The highest BCUT2D eigenvalue weighted by Gasteiger charge is 2.28. The lowest BCUT2D eigenvalue weighted by Gasteiger charge is -2.16. The first-order chi connectivity index (χ1) is 11.3. The number of aromatic nitrogens is 1. The number of carbonyl (C=O) groups excluding carboxylic acids is 1. The van der Waals surface area contributed by atoms with Crippen LogP contribution in [0.4, 0.5) is 13.2 Å². The second kappa shape index (κ2) is 8.32. The van der Waals surface area contributed by atoms with Crippen LogP contribution in [0.5, 0.6) is 5.88 Å². The number of hydrogen-bond donors (Lipinski definition) is 1. The summed E-state index contributed by atoms with van der Waals surface area (Å²) in [5.41, 5.74) is 0.0265. The molecule has 1 amide bonds. The number of halogens is 3. The van der Waals surface area contributed by atoms with E-state index in [1.807, 2.05) is 6.92 Å². The summed E-state index contributed by atoms with van der Waals surface area (Å²) in [6.45, 7) is 1.22. The molecule has 134 valence electrons. The first kappa shape index (κ1) is 18.5. The van der Waals surface area contributed by atoms with Crippen molar-refractivity contribution >= 4 is 5.91 Å². The van der Waals surface area contributed by atoms with Crippen LogP contribution < -0.4 is 10.1 Å². The Bertz CT molecular complexity index is 546. The minimum absolute atomic E-state index is 0.0265. The third-order valence-corrected chi connectivity index (χ3v) is 3.66. The molecule has 0 bridgehead atoms. The second-order valence-electron chi connectivity index (χ2n) is 5.85. The van der Waals surface area contributed by atoms with E-state index >= 15 is 0 Å². The van der Waals surface area contributed by atoms with Gasteiger partial charge in [-0.15, -0.1) is 0 Å². The molecule has 1 saturated heterocycles. The van der Waals surface area contributed by atoms with Gasteiger partial charge in [0, 0.05) is 18.7 Å². The molecule has 1 fully saturated rings. The van der Waals surface area contributed by atoms with Crippen molar-refractivity contribution in [1.82, 2.24) is 10.3 Å². The standard InChI is InChI=1S/C16H21F3N2O3/c1-11(7-8-12-4-3-9-23-12)20-15(22)13-5-2-6-14(21-13)24-10-16(17,18)19/h2,5-6,11-12H,3-4,7-10H2,1H3,(H,20,22)/t11-,12+/m0/s1. The Morgan fingerprint density at radius 1 is 1.50 bits per heavy atom. The van der Waals surface area contributed by atoms with E-state index in [1.165, 1.54) is 18.2 Å². The summed E-state index contributed by atoms with van der Waals surface area (Å²) in [5.74, 6) is -0.667. The molecule has 1 aromatic rings. The maximum Gasteiger partial charge on any atom is 0.422 e. The van der Waals surface area contributed by atoms with Gasteiger partial charge in [0.1, 0.15) is 5.69 Å². The summed E-state index contributed by atoms with van der Waals surface area (Å²) in [4.78, 5) is 15.9. The van der Waals surface area contributed by atoms with Gasteiger partial charge in [-0.1, -0.05) is 6.07 Å². The van der Waals surface area contributed by atoms with E-state index in [2.05, 4.69) is 15.0 Å². The third-order valence-electron chi connectivity index (χ3n) is 3.66. The van der Waals surface area contributed by atoms with Gasteiger partial charge in [0.25, 0.3) is 5.91 Å². The maximum absolute atomic E-state index is 12.1. The van der Waals surface area contributed by atoms with Gasteiger partial charge >= 0.3 is 6.18 Å². The van der Waals surface area contributed by atoms with Crippen LogP contribution >= 0.6 is 0 Å². The van der Waals surface area contributed by atoms with Crippen molar-refractivity contribution in [2.24, 2.45) is 0 Å². The molecular weight excluding hydrogens is 325 g/mol. The number of nitrogens with one attached hydrogen (secondary N) is 1. The Hall–Kier alpha value is -1.83. The molecule has 8 heteroatoms. The van der Waals surface area contributed by atoms with Gasteiger partial charge in [0.15, 0.2) is 6.61 Å². The highest BCUT2D eigenvalue weighted by Crippen LogP contribution is 2.18. The van der Waals surface area contributed by atoms with Gasteiger partial charge in [-0.3, -0.25) is 4.79 Å². The van der Waals surface area contributed by atoms with Crippen molar-refractivity contribution in [2.45, 2.75) is 50.9 Å². The molecule has 5 nitrogen and oxygen atoms in total. The highest BCUT2D eigenvalue weighted by atomic mass is 19.4. The minimum Gasteiger partial charge on any atom is -0.468 e. The molecule has 1 N–H and O–H groups in total. The largest absolute Gasteiger partial charge is 0.468 e. The van der Waals surface area contributed by atoms with E-state index in [4.69, 9.17) is 4.74 Å². The number of pyridine rings is 1. The van der Waals surface area contributed by atoms with Gasteiger partial charge in [0.05, 0.1) is 6.10 Å². The zero-order chi connectivity index (χ0) is 17.6. The molecule has 2 heterocycles. The van der Waals surface area contributed by atoms with Crippen LogP contribution in [0.1, 0.15) is 43.1 Å². The van der Waals surface area contributed by atoms with E-state index in [1.54, 1.807) is 0 Å². The monoisotopic (exact) mass is 346 g/mol. The normalized spacial score (nSPS) is 19.1. The molecule has 0 aromatic carbocycles. The van der Waals surface area contributed by atoms with E-state index in [0.717, 1.165) is 32.3 Å². The minimum atomic E-state index is -4.45. The quantitative estimate of drug-likeness (QED) is 0.824. The molecule has 0 aliphatic carbocycles. The molecule has 1 aliphatic rings. The van der Waals surface area contributed by atoms with Crippen LogP contribution in [-0.4, -0.2) is 42.4 Å². The fourth-order valence-electron chi connectivity index (χ4n) is 2.46. The van der Waals surface area contributed by atoms with Gasteiger partial charge in [0.2, 0.25) is 5.88 Å². The summed E-state index contributed by atoms with van der Waals surface area (Å²) in [6, 6.07) is 4.07. The van der Waals surface area contributed by atoms with Crippen molar-refractivity contribution in [3.05, 3.63) is 23.9 Å². The molecule has 0 unspecified atom stereocenters. The van der Waals surface area contributed by atoms with Crippen molar-refractivity contribution in [2.75, 3.05) is 13.2 Å². The molecule has 0 radical (unpaired) electrons. The number of nitrogens with zero attached hydrogens (tertiary/aromatic N) is 1. The van der Waals surface area contributed by atoms with Gasteiger partial charge in [-0.2, -0.15) is 13.2 Å². The number of ether oxygens (including phenoxy) is 2. The van der Waals surface area contributed by atoms with Crippen molar-refractivity contribution in [3.8, 4) is 5.88 Å². The Morgan fingerprint density at radius 2 is 2.29 bits per heavy atom. The SMILES string of the molecule is C[C@@H](CC[C@H]1CCCO1)NC(=O)c1cccc(OCC(F)(F)F)n1. The van der Waals surface area contributed by atoms with Crippen LogP contribution in [0.2, 0.25) is 0 Å². The molecule has 2 rings (SSSR count). The van der Waals surface area contributed by atoms with E-state index in [0.29, 0.717) is 0 Å². The number of carbonyl (C=O) groups is 1. The summed E-state index contributed by atoms with van der Waals surface area (Å²) in [5, 5.41) is 2.78. The molecule has 2 atom stereocenters. The number of alkyl halides is 3. The average Bonchev–Trinajstić information content (AvgIpc) is 3.04. The molecule has 1 aromatic heterocycles. The van der Waals surface area contributed by atoms with Gasteiger partial charge < -0.3 is 14.8 Å². The van der Waals surface area contributed by atoms with E-state index in [-0.39, 0.29) is 23.7 Å².